The fraction of sp³-hybridized carbons (Fsp3) is 0. The van der Waals surface area contributed by atoms with Crippen LogP contribution in [0.15, 0.2) is 0 Å². The molecule has 5 heavy (non-hydrogen) atoms. The van der Waals surface area contributed by atoms with Crippen LogP contribution in [0.1, 0.15) is 0 Å². The first-order chi connectivity index (χ1) is 0. The second-order valence-electron chi connectivity index (χ2n) is 0. The molecule has 0 aromatic carbocycles. The van der Waals surface area contributed by atoms with Crippen molar-refractivity contribution in [3.05, 3.63) is 0 Å². The van der Waals surface area contributed by atoms with Gasteiger partial charge in [0.15, 0.2) is 0 Å². The summed E-state index contributed by atoms with van der Waals surface area (Å²) in [4.78, 5) is 0. The van der Waals surface area contributed by atoms with Crippen LogP contribution >= 0.6 is 0 Å². The minimum absolute atomic E-state index is 0. The molecule has 0 saturated heterocycles. The van der Waals surface area contributed by atoms with E-state index in [1.807, 2.05) is 0 Å². The smallest absolute Gasteiger partial charge is 0 e. The Morgan fingerprint density at radius 1 is 1.00 bits per heavy atom. The molecule has 0 aromatic heterocycles. The molecule has 0 aliphatic rings. The molecule has 0 heterocycles. The Hall–Kier alpha value is 4.87. The van der Waals surface area contributed by atoms with Crippen LogP contribution in [0.5, 0.6) is 0 Å². The Balaban J connectivity index is 0. The average Bonchev–Trinajstić information content (AvgIpc) is 0. The first kappa shape index (κ1) is 32.7. The van der Waals surface area contributed by atoms with E-state index in [9.17, 15) is 0 Å². The zero-order valence-corrected chi connectivity index (χ0v) is 5.58. The van der Waals surface area contributed by atoms with Crippen LogP contribution < -0.4 is 0 Å². The van der Waals surface area contributed by atoms with Crippen LogP contribution in [0.25, 0.3) is 0 Å². The summed E-state index contributed by atoms with van der Waals surface area (Å²) < 4.78 is 0. The van der Waals surface area contributed by atoms with E-state index in [0.29, 0.717) is 0 Å². The van der Waals surface area contributed by atoms with Crippen LogP contribution in [0.2, 0.25) is 0 Å². The standard InChI is InChI=1S/Ca.Ga.Gd.Mg.Zr.7H. The first-order valence-electron chi connectivity index (χ1n) is 0. The van der Waals surface area contributed by atoms with Gasteiger partial charge in [-0.15, -0.1) is 0 Å². The van der Waals surface area contributed by atoms with Crippen molar-refractivity contribution < 1.29 is 66.1 Å². The predicted molar refractivity (Wildman–Crippen MR) is 27.0 cm³/mol. The monoisotopic (exact) mass is 388 g/mol. The summed E-state index contributed by atoms with van der Waals surface area (Å²) in [7, 11) is 0. The third-order valence-corrected chi connectivity index (χ3v) is 0. The van der Waals surface area contributed by atoms with Crippen LogP contribution in [-0.2, 0) is 26.2 Å². The summed E-state index contributed by atoms with van der Waals surface area (Å²) in [6, 6.07) is 0. The molecule has 0 fully saturated rings. The van der Waals surface area contributed by atoms with Crippen LogP contribution in [0, 0.1) is 39.9 Å². The second kappa shape index (κ2) is 23.2. The zero-order chi connectivity index (χ0) is 0. The van der Waals surface area contributed by atoms with E-state index >= 15 is 0 Å². The minimum atomic E-state index is 0. The van der Waals surface area contributed by atoms with Crippen molar-refractivity contribution >= 4 is 80.6 Å². The van der Waals surface area contributed by atoms with Crippen molar-refractivity contribution in [2.45, 2.75) is 0 Å². The predicted octanol–water partition coefficient (Wildman–Crippen LogP) is -3.02. The molecule has 0 amide bonds. The Morgan fingerprint density at radius 2 is 1.00 bits per heavy atom. The number of hydrogen-bond donors (Lipinski definition) is 0. The summed E-state index contributed by atoms with van der Waals surface area (Å²) in [5.74, 6) is 0. The minimum Gasteiger partial charge on any atom is 0 e. The Morgan fingerprint density at radius 3 is 1.00 bits per heavy atom. The maximum atomic E-state index is 0. The molecule has 26 valence electrons. The van der Waals surface area contributed by atoms with Gasteiger partial charge in [-0.3, -0.25) is 0 Å². The van der Waals surface area contributed by atoms with E-state index in [0.717, 1.165) is 0 Å². The van der Waals surface area contributed by atoms with Gasteiger partial charge in [-0.25, -0.2) is 0 Å². The van der Waals surface area contributed by atoms with Crippen molar-refractivity contribution in [1.29, 1.82) is 0 Å². The number of hydrogen-bond acceptors (Lipinski definition) is 0. The van der Waals surface area contributed by atoms with Crippen molar-refractivity contribution in [2.75, 3.05) is 0 Å². The fourth-order valence-corrected chi connectivity index (χ4v) is 0. The van der Waals surface area contributed by atoms with Gasteiger partial charge in [-0.1, -0.05) is 0 Å². The summed E-state index contributed by atoms with van der Waals surface area (Å²) in [6.07, 6.45) is 0. The average molecular weight is 390 g/mol. The molecule has 0 N–H and O–H groups in total. The zero-order valence-electron chi connectivity index (χ0n) is 0.854. The molecular formula is H7CaGaGdMgZr. The van der Waals surface area contributed by atoms with Crippen molar-refractivity contribution in [3.8, 4) is 0 Å². The molecule has 0 aromatic rings. The van der Waals surface area contributed by atoms with E-state index in [-0.39, 0.29) is 147 Å². The third-order valence-electron chi connectivity index (χ3n) is 0. The van der Waals surface area contributed by atoms with Gasteiger partial charge >= 0.3 is 80.6 Å². The largest absolute Gasteiger partial charge is 0.316 e. The Bertz CT molecular complexity index is 11.6. The van der Waals surface area contributed by atoms with Gasteiger partial charge in [0.25, 0.3) is 0 Å². The molecular weight excluding hydrogens is 383 g/mol. The van der Waals surface area contributed by atoms with Gasteiger partial charge in [0.05, 0.1) is 0 Å². The molecule has 0 aliphatic carbocycles. The van der Waals surface area contributed by atoms with Crippen molar-refractivity contribution in [2.24, 2.45) is 0 Å². The SMILES string of the molecule is [CaH2].[GaH3].[Gd].[MgH2].[Zr]. The van der Waals surface area contributed by atoms with E-state index < -0.39 is 0 Å². The molecule has 0 atom stereocenters. The maximum Gasteiger partial charge on any atom is 0.316 e. The normalized spacial score (nSPS) is 0. The quantitative estimate of drug-likeness (QED) is 0.387. The summed E-state index contributed by atoms with van der Waals surface area (Å²) in [5.41, 5.74) is 0. The van der Waals surface area contributed by atoms with Crippen molar-refractivity contribution in [1.82, 2.24) is 0 Å². The van der Waals surface area contributed by atoms with Gasteiger partial charge in [0.2, 0.25) is 0 Å². The molecule has 0 aliphatic heterocycles. The van der Waals surface area contributed by atoms with E-state index in [1.54, 1.807) is 0 Å². The maximum absolute atomic E-state index is 0. The summed E-state index contributed by atoms with van der Waals surface area (Å²) >= 11 is 0. The van der Waals surface area contributed by atoms with Gasteiger partial charge in [0, 0.05) is 66.1 Å². The topological polar surface area (TPSA) is 0 Å². The third kappa shape index (κ3) is 17.7. The van der Waals surface area contributed by atoms with Crippen LogP contribution in [0.4, 0.5) is 0 Å². The fourth-order valence-electron chi connectivity index (χ4n) is 0. The van der Waals surface area contributed by atoms with Gasteiger partial charge in [0.1, 0.15) is 0 Å². The van der Waals surface area contributed by atoms with E-state index in [2.05, 4.69) is 0 Å². The number of rotatable bonds is 0. The van der Waals surface area contributed by atoms with Crippen LogP contribution in [-0.4, -0.2) is 80.6 Å². The molecule has 0 spiro atoms. The van der Waals surface area contributed by atoms with E-state index in [1.165, 1.54) is 0 Å². The summed E-state index contributed by atoms with van der Waals surface area (Å²) in [5, 5.41) is 0. The molecule has 0 unspecified atom stereocenters. The van der Waals surface area contributed by atoms with Crippen LogP contribution in [0.3, 0.4) is 0 Å². The van der Waals surface area contributed by atoms with E-state index in [4.69, 9.17) is 0 Å². The molecule has 0 bridgehead atoms. The Labute approximate surface area is 142 Å². The molecule has 0 rings (SSSR count). The van der Waals surface area contributed by atoms with Gasteiger partial charge < -0.3 is 0 Å². The molecule has 5 heteroatoms. The summed E-state index contributed by atoms with van der Waals surface area (Å²) in [6.45, 7) is 0. The molecule has 0 radical (unpaired) electrons. The van der Waals surface area contributed by atoms with Gasteiger partial charge in [-0.2, -0.15) is 0 Å². The van der Waals surface area contributed by atoms with Crippen molar-refractivity contribution in [3.63, 3.8) is 0 Å². The molecule has 0 saturated carbocycles. The molecule has 0 nitrogen and oxygen atoms in total. The Kier molecular flexibility index (Phi) is 152. The first-order valence-corrected chi connectivity index (χ1v) is 0. The van der Waals surface area contributed by atoms with Gasteiger partial charge in [-0.05, 0) is 0 Å². The second-order valence-corrected chi connectivity index (χ2v) is 0.